The van der Waals surface area contributed by atoms with E-state index in [0.717, 1.165) is 11.1 Å². The van der Waals surface area contributed by atoms with E-state index >= 15 is 0 Å². The van der Waals surface area contributed by atoms with Crippen molar-refractivity contribution >= 4 is 12.2 Å². The fraction of sp³-hybridized carbons (Fsp3) is 0.182. The molecule has 1 rings (SSSR count). The van der Waals surface area contributed by atoms with Crippen LogP contribution in [-0.2, 0) is 11.3 Å². The lowest BCUT2D eigenvalue weighted by Gasteiger charge is -2.03. The minimum absolute atomic E-state index is 0.419. The summed E-state index contributed by atoms with van der Waals surface area (Å²) in [6.45, 7) is 4.13. The third-order valence-corrected chi connectivity index (χ3v) is 1.84. The molecule has 0 bridgehead atoms. The molecule has 1 aromatic rings. The lowest BCUT2D eigenvalue weighted by Crippen LogP contribution is -2.22. The Balaban J connectivity index is 2.51. The van der Waals surface area contributed by atoms with E-state index in [4.69, 9.17) is 0 Å². The average Bonchev–Trinajstić information content (AvgIpc) is 2.26. The summed E-state index contributed by atoms with van der Waals surface area (Å²) in [5, 5.41) is 2.60. The van der Waals surface area contributed by atoms with Gasteiger partial charge in [0, 0.05) is 6.54 Å². The van der Waals surface area contributed by atoms with Gasteiger partial charge in [0.05, 0.1) is 7.11 Å². The highest BCUT2D eigenvalue weighted by Gasteiger charge is 1.97. The summed E-state index contributed by atoms with van der Waals surface area (Å²) in [7, 11) is 1.34. The lowest BCUT2D eigenvalue weighted by atomic mass is 10.1. The van der Waals surface area contributed by atoms with E-state index in [1.54, 1.807) is 6.08 Å². The van der Waals surface area contributed by atoms with Gasteiger partial charge in [-0.05, 0) is 11.1 Å². The van der Waals surface area contributed by atoms with Crippen molar-refractivity contribution in [1.82, 2.24) is 5.32 Å². The summed E-state index contributed by atoms with van der Waals surface area (Å²) < 4.78 is 4.45. The molecule has 0 aliphatic carbocycles. The van der Waals surface area contributed by atoms with Crippen molar-refractivity contribution in [3.05, 3.63) is 42.0 Å². The van der Waals surface area contributed by atoms with Crippen LogP contribution in [0.5, 0.6) is 0 Å². The number of hydrogen-bond donors (Lipinski definition) is 1. The van der Waals surface area contributed by atoms with Crippen molar-refractivity contribution in [2.24, 2.45) is 0 Å². The molecule has 74 valence electrons. The molecule has 0 aliphatic rings. The standard InChI is InChI=1S/C11H13NO2/c1-3-9-4-6-10(7-5-9)8-12-11(13)14-2/h3-7H,1,8H2,2H3,(H,12,13). The third kappa shape index (κ3) is 2.94. The second kappa shape index (κ2) is 5.07. The van der Waals surface area contributed by atoms with Gasteiger partial charge in [-0.15, -0.1) is 0 Å². The Bertz CT molecular complexity index is 317. The van der Waals surface area contributed by atoms with Gasteiger partial charge in [0.1, 0.15) is 0 Å². The molecule has 0 aromatic heterocycles. The highest BCUT2D eigenvalue weighted by Crippen LogP contribution is 2.04. The molecule has 1 aromatic carbocycles. The van der Waals surface area contributed by atoms with Crippen LogP contribution in [0.1, 0.15) is 11.1 Å². The van der Waals surface area contributed by atoms with Crippen molar-refractivity contribution in [3.8, 4) is 0 Å². The van der Waals surface area contributed by atoms with E-state index in [1.165, 1.54) is 7.11 Å². The van der Waals surface area contributed by atoms with Crippen molar-refractivity contribution in [1.29, 1.82) is 0 Å². The number of alkyl carbamates (subject to hydrolysis) is 1. The largest absolute Gasteiger partial charge is 0.453 e. The predicted octanol–water partition coefficient (Wildman–Crippen LogP) is 2.19. The monoisotopic (exact) mass is 191 g/mol. The highest BCUT2D eigenvalue weighted by molar-refractivity contribution is 5.66. The number of hydrogen-bond acceptors (Lipinski definition) is 2. The number of amides is 1. The molecule has 0 radical (unpaired) electrons. The Labute approximate surface area is 83.4 Å². The van der Waals surface area contributed by atoms with Gasteiger partial charge in [0.2, 0.25) is 0 Å². The van der Waals surface area contributed by atoms with Crippen LogP contribution >= 0.6 is 0 Å². The summed E-state index contributed by atoms with van der Waals surface area (Å²) in [4.78, 5) is 10.8. The van der Waals surface area contributed by atoms with Crippen LogP contribution in [-0.4, -0.2) is 13.2 Å². The molecule has 1 amide bonds. The zero-order valence-corrected chi connectivity index (χ0v) is 8.12. The van der Waals surface area contributed by atoms with Crippen LogP contribution < -0.4 is 5.32 Å². The van der Waals surface area contributed by atoms with Crippen molar-refractivity contribution in [2.45, 2.75) is 6.54 Å². The molecule has 0 unspecified atom stereocenters. The first-order valence-corrected chi connectivity index (χ1v) is 4.29. The third-order valence-electron chi connectivity index (χ3n) is 1.84. The molecular formula is C11H13NO2. The molecule has 1 N–H and O–H groups in total. The summed E-state index contributed by atoms with van der Waals surface area (Å²) in [6.07, 6.45) is 1.36. The number of carbonyl (C=O) groups excluding carboxylic acids is 1. The van der Waals surface area contributed by atoms with Gasteiger partial charge < -0.3 is 10.1 Å². The molecule has 0 spiro atoms. The van der Waals surface area contributed by atoms with Crippen molar-refractivity contribution < 1.29 is 9.53 Å². The maximum atomic E-state index is 10.8. The minimum atomic E-state index is -0.419. The fourth-order valence-electron chi connectivity index (χ4n) is 1.02. The molecule has 0 heterocycles. The maximum Gasteiger partial charge on any atom is 0.407 e. The highest BCUT2D eigenvalue weighted by atomic mass is 16.5. The van der Waals surface area contributed by atoms with Gasteiger partial charge in [-0.25, -0.2) is 4.79 Å². The maximum absolute atomic E-state index is 10.8. The SMILES string of the molecule is C=Cc1ccc(CNC(=O)OC)cc1. The van der Waals surface area contributed by atoms with Crippen molar-refractivity contribution in [2.75, 3.05) is 7.11 Å². The molecule has 0 saturated heterocycles. The molecule has 0 saturated carbocycles. The Morgan fingerprint density at radius 2 is 2.14 bits per heavy atom. The van der Waals surface area contributed by atoms with Gasteiger partial charge in [-0.1, -0.05) is 36.9 Å². The molecule has 0 fully saturated rings. The van der Waals surface area contributed by atoms with Gasteiger partial charge in [-0.3, -0.25) is 0 Å². The number of methoxy groups -OCH3 is 1. The number of carbonyl (C=O) groups is 1. The van der Waals surface area contributed by atoms with E-state index in [0.29, 0.717) is 6.54 Å². The van der Waals surface area contributed by atoms with E-state index < -0.39 is 6.09 Å². The van der Waals surface area contributed by atoms with E-state index in [1.807, 2.05) is 24.3 Å². The fourth-order valence-corrected chi connectivity index (χ4v) is 1.02. The summed E-state index contributed by atoms with van der Waals surface area (Å²) in [5.41, 5.74) is 2.09. The summed E-state index contributed by atoms with van der Waals surface area (Å²) >= 11 is 0. The normalized spacial score (nSPS) is 9.21. The van der Waals surface area contributed by atoms with Crippen LogP contribution in [0.2, 0.25) is 0 Å². The van der Waals surface area contributed by atoms with Crippen LogP contribution in [0.25, 0.3) is 6.08 Å². The Hall–Kier alpha value is -1.77. The van der Waals surface area contributed by atoms with Crippen molar-refractivity contribution in [3.63, 3.8) is 0 Å². The summed E-state index contributed by atoms with van der Waals surface area (Å²) in [6, 6.07) is 7.77. The smallest absolute Gasteiger partial charge is 0.407 e. The predicted molar refractivity (Wildman–Crippen MR) is 55.8 cm³/mol. The molecule has 0 atom stereocenters. The van der Waals surface area contributed by atoms with Gasteiger partial charge in [0.15, 0.2) is 0 Å². The van der Waals surface area contributed by atoms with E-state index in [-0.39, 0.29) is 0 Å². The summed E-state index contributed by atoms with van der Waals surface area (Å²) in [5.74, 6) is 0. The first-order valence-electron chi connectivity index (χ1n) is 4.29. The van der Waals surface area contributed by atoms with Gasteiger partial charge >= 0.3 is 6.09 Å². The van der Waals surface area contributed by atoms with E-state index in [2.05, 4.69) is 16.6 Å². The zero-order chi connectivity index (χ0) is 10.4. The van der Waals surface area contributed by atoms with E-state index in [9.17, 15) is 4.79 Å². The topological polar surface area (TPSA) is 38.3 Å². The quantitative estimate of drug-likeness (QED) is 0.795. The molecule has 3 nitrogen and oxygen atoms in total. The first-order chi connectivity index (χ1) is 6.76. The van der Waals surface area contributed by atoms with Crippen LogP contribution in [0, 0.1) is 0 Å². The number of nitrogens with one attached hydrogen (secondary N) is 1. The van der Waals surface area contributed by atoms with Crippen LogP contribution in [0.3, 0.4) is 0 Å². The second-order valence-corrected chi connectivity index (χ2v) is 2.79. The Morgan fingerprint density at radius 3 is 2.64 bits per heavy atom. The molecule has 3 heteroatoms. The zero-order valence-electron chi connectivity index (χ0n) is 8.12. The number of benzene rings is 1. The molecule has 0 aliphatic heterocycles. The van der Waals surface area contributed by atoms with Crippen LogP contribution in [0.15, 0.2) is 30.8 Å². The van der Waals surface area contributed by atoms with Gasteiger partial charge in [0.25, 0.3) is 0 Å². The first kappa shape index (κ1) is 10.3. The number of rotatable bonds is 3. The second-order valence-electron chi connectivity index (χ2n) is 2.79. The van der Waals surface area contributed by atoms with Gasteiger partial charge in [-0.2, -0.15) is 0 Å². The average molecular weight is 191 g/mol. The van der Waals surface area contributed by atoms with Crippen LogP contribution in [0.4, 0.5) is 4.79 Å². The molecule has 14 heavy (non-hydrogen) atoms. The lowest BCUT2D eigenvalue weighted by molar-refractivity contribution is 0.170. The Morgan fingerprint density at radius 1 is 1.50 bits per heavy atom. The Kier molecular flexibility index (Phi) is 3.73. The molecular weight excluding hydrogens is 178 g/mol. The minimum Gasteiger partial charge on any atom is -0.453 e. The number of ether oxygens (including phenoxy) is 1.